The van der Waals surface area contributed by atoms with E-state index >= 15 is 0 Å². The molecule has 0 radical (unpaired) electrons. The van der Waals surface area contributed by atoms with Crippen molar-refractivity contribution in [3.8, 4) is 11.8 Å². The zero-order valence-electron chi connectivity index (χ0n) is 12.1. The van der Waals surface area contributed by atoms with E-state index in [9.17, 15) is 0 Å². The third-order valence-electron chi connectivity index (χ3n) is 3.20. The summed E-state index contributed by atoms with van der Waals surface area (Å²) in [7, 11) is 0. The molecule has 104 valence electrons. The van der Waals surface area contributed by atoms with E-state index in [2.05, 4.69) is 44.0 Å². The molecule has 0 amide bonds. The molecule has 4 heteroatoms. The first-order chi connectivity index (χ1) is 9.60. The summed E-state index contributed by atoms with van der Waals surface area (Å²) in [5.41, 5.74) is 4.52. The van der Waals surface area contributed by atoms with Gasteiger partial charge in [0.2, 0.25) is 0 Å². The van der Waals surface area contributed by atoms with Crippen LogP contribution in [0.4, 0.5) is 0 Å². The van der Waals surface area contributed by atoms with Crippen LogP contribution in [0.3, 0.4) is 0 Å². The van der Waals surface area contributed by atoms with E-state index in [1.165, 1.54) is 16.7 Å². The van der Waals surface area contributed by atoms with Gasteiger partial charge in [0.25, 0.3) is 0 Å². The van der Waals surface area contributed by atoms with Gasteiger partial charge in [0.05, 0.1) is 29.8 Å². The molecule has 0 bridgehead atoms. The topological polar surface area (TPSA) is 45.9 Å². The Hall–Kier alpha value is -1.86. The van der Waals surface area contributed by atoms with Gasteiger partial charge in [-0.15, -0.1) is 11.3 Å². The van der Waals surface area contributed by atoms with Gasteiger partial charge in [-0.05, 0) is 43.5 Å². The highest BCUT2D eigenvalue weighted by molar-refractivity contribution is 7.09. The van der Waals surface area contributed by atoms with E-state index in [1.807, 2.05) is 5.38 Å². The molecule has 0 N–H and O–H groups in total. The normalized spacial score (nSPS) is 10.3. The smallest absolute Gasteiger partial charge is 0.122 e. The number of hydrogen-bond acceptors (Lipinski definition) is 4. The standard InChI is InChI=1S/C16H18N2OS/c1-11-8-12(2)13(3)15(9-11)19-7-5-16-18-14(4-6-17)10-20-16/h8-10H,4-5,7H2,1-3H3. The lowest BCUT2D eigenvalue weighted by atomic mass is 10.1. The Kier molecular flexibility index (Phi) is 4.75. The van der Waals surface area contributed by atoms with Crippen molar-refractivity contribution in [2.45, 2.75) is 33.6 Å². The highest BCUT2D eigenvalue weighted by Crippen LogP contribution is 2.23. The molecule has 0 atom stereocenters. The SMILES string of the molecule is Cc1cc(C)c(C)c(OCCc2nc(CC#N)cs2)c1. The number of hydrogen-bond donors (Lipinski definition) is 0. The quantitative estimate of drug-likeness (QED) is 0.840. The fourth-order valence-corrected chi connectivity index (χ4v) is 2.80. The first-order valence-electron chi connectivity index (χ1n) is 6.61. The van der Waals surface area contributed by atoms with Gasteiger partial charge in [0, 0.05) is 11.8 Å². The van der Waals surface area contributed by atoms with Crippen molar-refractivity contribution >= 4 is 11.3 Å². The van der Waals surface area contributed by atoms with Crippen LogP contribution in [0.25, 0.3) is 0 Å². The summed E-state index contributed by atoms with van der Waals surface area (Å²) in [5.74, 6) is 0.955. The van der Waals surface area contributed by atoms with Gasteiger partial charge in [-0.1, -0.05) is 6.07 Å². The van der Waals surface area contributed by atoms with Gasteiger partial charge in [-0.2, -0.15) is 5.26 Å². The first kappa shape index (κ1) is 14.5. The van der Waals surface area contributed by atoms with E-state index in [0.717, 1.165) is 22.9 Å². The molecule has 0 saturated heterocycles. The van der Waals surface area contributed by atoms with Crippen LogP contribution in [0, 0.1) is 32.1 Å². The molecule has 0 fully saturated rings. The lowest BCUT2D eigenvalue weighted by Gasteiger charge is -2.11. The minimum absolute atomic E-state index is 0.382. The monoisotopic (exact) mass is 286 g/mol. The second kappa shape index (κ2) is 6.53. The van der Waals surface area contributed by atoms with Crippen LogP contribution in [0.2, 0.25) is 0 Å². The molecule has 0 aliphatic carbocycles. The highest BCUT2D eigenvalue weighted by Gasteiger charge is 2.06. The number of nitrogens with zero attached hydrogens (tertiary/aromatic N) is 2. The molecular formula is C16H18N2OS. The van der Waals surface area contributed by atoms with Crippen molar-refractivity contribution in [1.82, 2.24) is 4.98 Å². The maximum absolute atomic E-state index is 8.63. The van der Waals surface area contributed by atoms with Crippen LogP contribution in [-0.4, -0.2) is 11.6 Å². The maximum atomic E-state index is 8.63. The predicted octanol–water partition coefficient (Wildman–Crippen LogP) is 3.76. The first-order valence-corrected chi connectivity index (χ1v) is 7.49. The van der Waals surface area contributed by atoms with Crippen LogP contribution < -0.4 is 4.74 Å². The molecule has 3 nitrogen and oxygen atoms in total. The predicted molar refractivity (Wildman–Crippen MR) is 81.3 cm³/mol. The van der Waals surface area contributed by atoms with Gasteiger partial charge < -0.3 is 4.74 Å². The fraction of sp³-hybridized carbons (Fsp3) is 0.375. The number of benzene rings is 1. The number of aryl methyl sites for hydroxylation is 2. The summed E-state index contributed by atoms with van der Waals surface area (Å²) in [4.78, 5) is 4.40. The Morgan fingerprint density at radius 1 is 1.30 bits per heavy atom. The number of thiazole rings is 1. The van der Waals surface area contributed by atoms with Crippen molar-refractivity contribution in [2.75, 3.05) is 6.61 Å². The summed E-state index contributed by atoms with van der Waals surface area (Å²) < 4.78 is 5.87. The minimum atomic E-state index is 0.382. The van der Waals surface area contributed by atoms with E-state index in [0.29, 0.717) is 13.0 Å². The van der Waals surface area contributed by atoms with Crippen LogP contribution in [-0.2, 0) is 12.8 Å². The van der Waals surface area contributed by atoms with Crippen LogP contribution >= 0.6 is 11.3 Å². The van der Waals surface area contributed by atoms with E-state index in [-0.39, 0.29) is 0 Å². The number of aromatic nitrogens is 1. The number of nitriles is 1. The molecule has 0 saturated carbocycles. The van der Waals surface area contributed by atoms with Crippen molar-refractivity contribution in [2.24, 2.45) is 0 Å². The van der Waals surface area contributed by atoms with Crippen molar-refractivity contribution in [1.29, 1.82) is 5.26 Å². The zero-order chi connectivity index (χ0) is 14.5. The third-order valence-corrected chi connectivity index (χ3v) is 4.15. The van der Waals surface area contributed by atoms with E-state index in [4.69, 9.17) is 10.00 Å². The van der Waals surface area contributed by atoms with Crippen molar-refractivity contribution in [3.05, 3.63) is 44.9 Å². The molecule has 2 rings (SSSR count). The lowest BCUT2D eigenvalue weighted by molar-refractivity contribution is 0.319. The summed E-state index contributed by atoms with van der Waals surface area (Å²) in [6.07, 6.45) is 1.16. The molecule has 0 spiro atoms. The van der Waals surface area contributed by atoms with Gasteiger partial charge in [-0.25, -0.2) is 4.98 Å². The Balaban J connectivity index is 1.94. The number of ether oxygens (including phenoxy) is 1. The molecule has 1 aromatic heterocycles. The molecule has 2 aromatic rings. The van der Waals surface area contributed by atoms with Gasteiger partial charge in [0.1, 0.15) is 5.75 Å². The highest BCUT2D eigenvalue weighted by atomic mass is 32.1. The summed E-state index contributed by atoms with van der Waals surface area (Å²) in [5, 5.41) is 11.6. The van der Waals surface area contributed by atoms with Crippen molar-refractivity contribution in [3.63, 3.8) is 0 Å². The fourth-order valence-electron chi connectivity index (χ4n) is 2.02. The number of rotatable bonds is 5. The molecule has 1 aromatic carbocycles. The van der Waals surface area contributed by atoms with Crippen LogP contribution in [0.5, 0.6) is 5.75 Å². The maximum Gasteiger partial charge on any atom is 0.122 e. The minimum Gasteiger partial charge on any atom is -0.493 e. The van der Waals surface area contributed by atoms with Gasteiger partial charge >= 0.3 is 0 Å². The van der Waals surface area contributed by atoms with E-state index < -0.39 is 0 Å². The Bertz CT molecular complexity index is 640. The molecule has 0 aliphatic rings. The Labute approximate surface area is 123 Å². The summed E-state index contributed by atoms with van der Waals surface area (Å²) in [6.45, 7) is 6.88. The Morgan fingerprint density at radius 2 is 2.10 bits per heavy atom. The second-order valence-electron chi connectivity index (χ2n) is 4.87. The lowest BCUT2D eigenvalue weighted by Crippen LogP contribution is -2.03. The Morgan fingerprint density at radius 3 is 2.85 bits per heavy atom. The zero-order valence-corrected chi connectivity index (χ0v) is 12.9. The molecule has 20 heavy (non-hydrogen) atoms. The van der Waals surface area contributed by atoms with Crippen molar-refractivity contribution < 1.29 is 4.74 Å². The average Bonchev–Trinajstić information content (AvgIpc) is 2.83. The molecule has 1 heterocycles. The van der Waals surface area contributed by atoms with Crippen LogP contribution in [0.1, 0.15) is 27.4 Å². The largest absolute Gasteiger partial charge is 0.493 e. The third kappa shape index (κ3) is 3.58. The van der Waals surface area contributed by atoms with Gasteiger partial charge in [-0.3, -0.25) is 0 Å². The average molecular weight is 286 g/mol. The van der Waals surface area contributed by atoms with Crippen LogP contribution in [0.15, 0.2) is 17.5 Å². The van der Waals surface area contributed by atoms with Gasteiger partial charge in [0.15, 0.2) is 0 Å². The molecule has 0 aliphatic heterocycles. The molecular weight excluding hydrogens is 268 g/mol. The van der Waals surface area contributed by atoms with E-state index in [1.54, 1.807) is 11.3 Å². The second-order valence-corrected chi connectivity index (χ2v) is 5.81. The molecule has 0 unspecified atom stereocenters. The summed E-state index contributed by atoms with van der Waals surface area (Å²) >= 11 is 1.59. The summed E-state index contributed by atoms with van der Waals surface area (Å²) in [6, 6.07) is 6.35.